The SMILES string of the molecule is O=C(NC1CCCC1)[C@@H]1CC(=O)N(c2n[nH]c3ccccc23)C1. The number of para-hydroxylation sites is 1. The lowest BCUT2D eigenvalue weighted by molar-refractivity contribution is -0.126. The number of aromatic amines is 1. The number of benzene rings is 1. The van der Waals surface area contributed by atoms with Crippen LogP contribution in [0.5, 0.6) is 0 Å². The van der Waals surface area contributed by atoms with Crippen LogP contribution in [-0.4, -0.2) is 34.6 Å². The first kappa shape index (κ1) is 14.2. The minimum Gasteiger partial charge on any atom is -0.353 e. The number of hydrogen-bond acceptors (Lipinski definition) is 3. The molecule has 2 amide bonds. The number of amides is 2. The molecule has 1 aliphatic heterocycles. The topological polar surface area (TPSA) is 78.1 Å². The van der Waals surface area contributed by atoms with Crippen LogP contribution in [0.15, 0.2) is 24.3 Å². The third-order valence-corrected chi connectivity index (χ3v) is 4.90. The Bertz CT molecular complexity index is 748. The van der Waals surface area contributed by atoms with Crippen LogP contribution >= 0.6 is 0 Å². The van der Waals surface area contributed by atoms with Gasteiger partial charge in [0.15, 0.2) is 5.82 Å². The van der Waals surface area contributed by atoms with E-state index in [1.165, 1.54) is 12.8 Å². The van der Waals surface area contributed by atoms with Gasteiger partial charge in [0, 0.05) is 24.4 Å². The summed E-state index contributed by atoms with van der Waals surface area (Å²) in [5, 5.41) is 11.2. The normalized spacial score (nSPS) is 22.2. The highest BCUT2D eigenvalue weighted by atomic mass is 16.2. The largest absolute Gasteiger partial charge is 0.353 e. The van der Waals surface area contributed by atoms with Crippen molar-refractivity contribution in [2.75, 3.05) is 11.4 Å². The molecule has 2 fully saturated rings. The number of nitrogens with one attached hydrogen (secondary N) is 2. The number of H-pyrrole nitrogens is 1. The molecule has 2 aromatic rings. The molecule has 0 spiro atoms. The van der Waals surface area contributed by atoms with Crippen molar-refractivity contribution in [1.29, 1.82) is 0 Å². The first-order chi connectivity index (χ1) is 11.2. The molecule has 2 N–H and O–H groups in total. The molecule has 120 valence electrons. The monoisotopic (exact) mass is 312 g/mol. The van der Waals surface area contributed by atoms with Crippen LogP contribution in [0.3, 0.4) is 0 Å². The van der Waals surface area contributed by atoms with Crippen molar-refractivity contribution in [1.82, 2.24) is 15.5 Å². The Labute approximate surface area is 134 Å². The molecule has 1 atom stereocenters. The van der Waals surface area contributed by atoms with Gasteiger partial charge in [-0.05, 0) is 25.0 Å². The zero-order chi connectivity index (χ0) is 15.8. The lowest BCUT2D eigenvalue weighted by Crippen LogP contribution is -2.38. The average molecular weight is 312 g/mol. The zero-order valence-electron chi connectivity index (χ0n) is 12.9. The second-order valence-corrected chi connectivity index (χ2v) is 6.49. The van der Waals surface area contributed by atoms with Gasteiger partial charge in [-0.2, -0.15) is 5.10 Å². The summed E-state index contributed by atoms with van der Waals surface area (Å²) in [5.41, 5.74) is 0.897. The summed E-state index contributed by atoms with van der Waals surface area (Å²) in [6, 6.07) is 8.00. The van der Waals surface area contributed by atoms with Crippen LogP contribution in [0, 0.1) is 5.92 Å². The van der Waals surface area contributed by atoms with Crippen molar-refractivity contribution in [3.63, 3.8) is 0 Å². The first-order valence-corrected chi connectivity index (χ1v) is 8.26. The lowest BCUT2D eigenvalue weighted by atomic mass is 10.1. The summed E-state index contributed by atoms with van der Waals surface area (Å²) in [4.78, 5) is 26.4. The van der Waals surface area contributed by atoms with Crippen molar-refractivity contribution >= 4 is 28.5 Å². The van der Waals surface area contributed by atoms with Gasteiger partial charge in [-0.3, -0.25) is 19.6 Å². The van der Waals surface area contributed by atoms with Crippen LogP contribution in [0.1, 0.15) is 32.1 Å². The van der Waals surface area contributed by atoms with Crippen molar-refractivity contribution in [3.8, 4) is 0 Å². The summed E-state index contributed by atoms with van der Waals surface area (Å²) in [6.45, 7) is 0.409. The number of rotatable bonds is 3. The van der Waals surface area contributed by atoms with Crippen LogP contribution in [0.4, 0.5) is 5.82 Å². The Kier molecular flexibility index (Phi) is 3.52. The van der Waals surface area contributed by atoms with Gasteiger partial charge in [0.1, 0.15) is 0 Å². The summed E-state index contributed by atoms with van der Waals surface area (Å²) in [6.07, 6.45) is 4.74. The molecule has 6 nitrogen and oxygen atoms in total. The van der Waals surface area contributed by atoms with E-state index in [9.17, 15) is 9.59 Å². The van der Waals surface area contributed by atoms with E-state index in [1.807, 2.05) is 24.3 Å². The van der Waals surface area contributed by atoms with E-state index in [0.717, 1.165) is 23.7 Å². The molecule has 2 aliphatic rings. The quantitative estimate of drug-likeness (QED) is 0.909. The van der Waals surface area contributed by atoms with E-state index in [1.54, 1.807) is 4.90 Å². The van der Waals surface area contributed by atoms with Crippen molar-refractivity contribution in [3.05, 3.63) is 24.3 Å². The third kappa shape index (κ3) is 2.58. The number of fused-ring (bicyclic) bond motifs is 1. The number of hydrogen-bond donors (Lipinski definition) is 2. The van der Waals surface area contributed by atoms with Gasteiger partial charge in [0.05, 0.1) is 11.4 Å². The molecular weight excluding hydrogens is 292 g/mol. The summed E-state index contributed by atoms with van der Waals surface area (Å²) in [7, 11) is 0. The highest BCUT2D eigenvalue weighted by Crippen LogP contribution is 2.30. The summed E-state index contributed by atoms with van der Waals surface area (Å²) < 4.78 is 0. The highest BCUT2D eigenvalue weighted by molar-refractivity contribution is 6.05. The van der Waals surface area contributed by atoms with E-state index >= 15 is 0 Å². The Morgan fingerprint density at radius 2 is 2.04 bits per heavy atom. The van der Waals surface area contributed by atoms with Gasteiger partial charge in [-0.25, -0.2) is 0 Å². The molecule has 1 aliphatic carbocycles. The third-order valence-electron chi connectivity index (χ3n) is 4.90. The number of aromatic nitrogens is 2. The highest BCUT2D eigenvalue weighted by Gasteiger charge is 2.37. The molecule has 1 aromatic carbocycles. The van der Waals surface area contributed by atoms with E-state index in [-0.39, 0.29) is 30.2 Å². The second kappa shape index (κ2) is 5.68. The average Bonchev–Trinajstić information content (AvgIpc) is 3.26. The summed E-state index contributed by atoms with van der Waals surface area (Å²) in [5.74, 6) is 0.321. The van der Waals surface area contributed by atoms with Gasteiger partial charge in [0.2, 0.25) is 11.8 Å². The van der Waals surface area contributed by atoms with Crippen molar-refractivity contribution in [2.24, 2.45) is 5.92 Å². The van der Waals surface area contributed by atoms with Crippen molar-refractivity contribution < 1.29 is 9.59 Å². The Hall–Kier alpha value is -2.37. The summed E-state index contributed by atoms with van der Waals surface area (Å²) >= 11 is 0. The fourth-order valence-electron chi connectivity index (χ4n) is 3.63. The first-order valence-electron chi connectivity index (χ1n) is 8.26. The van der Waals surface area contributed by atoms with Crippen LogP contribution in [0.25, 0.3) is 10.9 Å². The van der Waals surface area contributed by atoms with Crippen LogP contribution in [-0.2, 0) is 9.59 Å². The molecule has 4 rings (SSSR count). The fourth-order valence-corrected chi connectivity index (χ4v) is 3.63. The number of carbonyl (C=O) groups excluding carboxylic acids is 2. The standard InChI is InChI=1S/C17H20N4O2/c22-15-9-11(17(23)18-12-5-1-2-6-12)10-21(15)16-13-7-3-4-8-14(13)19-20-16/h3-4,7-8,11-12H,1-2,5-6,9-10H2,(H,18,23)(H,19,20)/t11-/m1/s1. The van der Waals surface area contributed by atoms with Crippen LogP contribution in [0.2, 0.25) is 0 Å². The second-order valence-electron chi connectivity index (χ2n) is 6.49. The number of nitrogens with zero attached hydrogens (tertiary/aromatic N) is 2. The van der Waals surface area contributed by atoms with Gasteiger partial charge in [0.25, 0.3) is 0 Å². The molecule has 23 heavy (non-hydrogen) atoms. The van der Waals surface area contributed by atoms with Crippen LogP contribution < -0.4 is 10.2 Å². The minimum absolute atomic E-state index is 0.00703. The predicted molar refractivity (Wildman–Crippen MR) is 87.0 cm³/mol. The van der Waals surface area contributed by atoms with Gasteiger partial charge < -0.3 is 5.32 Å². The Balaban J connectivity index is 1.50. The molecule has 6 heteroatoms. The number of carbonyl (C=O) groups is 2. The molecule has 2 heterocycles. The maximum absolute atomic E-state index is 12.4. The van der Waals surface area contributed by atoms with Crippen molar-refractivity contribution in [2.45, 2.75) is 38.1 Å². The molecular formula is C17H20N4O2. The van der Waals surface area contributed by atoms with Gasteiger partial charge in [-0.15, -0.1) is 0 Å². The van der Waals surface area contributed by atoms with Gasteiger partial charge in [-0.1, -0.05) is 25.0 Å². The Morgan fingerprint density at radius 1 is 1.26 bits per heavy atom. The van der Waals surface area contributed by atoms with E-state index in [4.69, 9.17) is 0 Å². The van der Waals surface area contributed by atoms with E-state index < -0.39 is 0 Å². The maximum Gasteiger partial charge on any atom is 0.229 e. The molecule has 0 unspecified atom stereocenters. The maximum atomic E-state index is 12.4. The number of anilines is 1. The lowest BCUT2D eigenvalue weighted by Gasteiger charge is -2.16. The molecule has 1 saturated carbocycles. The predicted octanol–water partition coefficient (Wildman–Crippen LogP) is 1.97. The molecule has 1 aromatic heterocycles. The Morgan fingerprint density at radius 3 is 2.87 bits per heavy atom. The molecule has 1 saturated heterocycles. The van der Waals surface area contributed by atoms with E-state index in [2.05, 4.69) is 15.5 Å². The fraction of sp³-hybridized carbons (Fsp3) is 0.471. The molecule has 0 radical (unpaired) electrons. The smallest absolute Gasteiger partial charge is 0.229 e. The minimum atomic E-state index is -0.279. The molecule has 0 bridgehead atoms. The van der Waals surface area contributed by atoms with Gasteiger partial charge >= 0.3 is 0 Å². The van der Waals surface area contributed by atoms with E-state index in [0.29, 0.717) is 12.4 Å². The zero-order valence-corrected chi connectivity index (χ0v) is 12.9.